The Bertz CT molecular complexity index is 487. The first kappa shape index (κ1) is 10.9. The van der Waals surface area contributed by atoms with Crippen LogP contribution in [0.2, 0.25) is 0 Å². The summed E-state index contributed by atoms with van der Waals surface area (Å²) < 4.78 is 7.07. The van der Waals surface area contributed by atoms with Crippen LogP contribution in [0.3, 0.4) is 0 Å². The van der Waals surface area contributed by atoms with Gasteiger partial charge in [0.05, 0.1) is 5.41 Å². The second-order valence-electron chi connectivity index (χ2n) is 4.66. The van der Waals surface area contributed by atoms with Crippen molar-refractivity contribution in [2.75, 3.05) is 7.05 Å². The molecule has 0 radical (unpaired) electrons. The standard InChI is InChI=1S/C13H16NO2/c1-9-13(2,3)11-7-10(16-8-15)5-6-12(11)14(9)4/h5-8H,1-4H3/q+1. The highest BCUT2D eigenvalue weighted by Crippen LogP contribution is 2.40. The molecule has 0 N–H and O–H groups in total. The smallest absolute Gasteiger partial charge is 0.298 e. The molecule has 0 fully saturated rings. The molecule has 1 aromatic rings. The average Bonchev–Trinajstić information content (AvgIpc) is 2.42. The molecule has 0 aliphatic carbocycles. The van der Waals surface area contributed by atoms with E-state index in [1.54, 1.807) is 0 Å². The van der Waals surface area contributed by atoms with Crippen LogP contribution in [0, 0.1) is 0 Å². The molecule has 0 saturated carbocycles. The Balaban J connectivity index is 2.58. The van der Waals surface area contributed by atoms with Gasteiger partial charge in [0, 0.05) is 18.6 Å². The highest BCUT2D eigenvalue weighted by molar-refractivity contribution is 5.93. The van der Waals surface area contributed by atoms with Gasteiger partial charge in [-0.15, -0.1) is 0 Å². The molecule has 1 heterocycles. The van der Waals surface area contributed by atoms with Gasteiger partial charge < -0.3 is 4.74 Å². The van der Waals surface area contributed by atoms with Crippen LogP contribution >= 0.6 is 0 Å². The summed E-state index contributed by atoms with van der Waals surface area (Å²) in [5.41, 5.74) is 3.67. The van der Waals surface area contributed by atoms with Crippen molar-refractivity contribution in [2.24, 2.45) is 0 Å². The predicted octanol–water partition coefficient (Wildman–Crippen LogP) is 2.25. The Morgan fingerprint density at radius 3 is 2.69 bits per heavy atom. The molecule has 0 amide bonds. The Labute approximate surface area is 95.4 Å². The van der Waals surface area contributed by atoms with E-state index in [0.29, 0.717) is 12.2 Å². The van der Waals surface area contributed by atoms with Gasteiger partial charge in [0.2, 0.25) is 5.69 Å². The summed E-state index contributed by atoms with van der Waals surface area (Å²) in [4.78, 5) is 10.3. The molecule has 0 unspecified atom stereocenters. The number of ether oxygens (including phenoxy) is 1. The molecule has 0 saturated heterocycles. The second kappa shape index (κ2) is 3.44. The topological polar surface area (TPSA) is 29.3 Å². The van der Waals surface area contributed by atoms with Crippen LogP contribution in [0.1, 0.15) is 26.3 Å². The summed E-state index contributed by atoms with van der Waals surface area (Å²) in [5.74, 6) is 0.602. The molecule has 3 nitrogen and oxygen atoms in total. The van der Waals surface area contributed by atoms with E-state index in [0.717, 1.165) is 0 Å². The molecule has 1 aromatic carbocycles. The Kier molecular flexibility index (Phi) is 2.34. The summed E-state index contributed by atoms with van der Waals surface area (Å²) in [6.45, 7) is 6.94. The van der Waals surface area contributed by atoms with Gasteiger partial charge in [-0.05, 0) is 26.0 Å². The largest absolute Gasteiger partial charge is 0.429 e. The molecule has 16 heavy (non-hydrogen) atoms. The lowest BCUT2D eigenvalue weighted by Gasteiger charge is -2.15. The van der Waals surface area contributed by atoms with Crippen molar-refractivity contribution in [1.29, 1.82) is 0 Å². The van der Waals surface area contributed by atoms with Gasteiger partial charge in [0.25, 0.3) is 6.47 Å². The molecule has 1 aliphatic heterocycles. The Morgan fingerprint density at radius 2 is 2.06 bits per heavy atom. The summed E-state index contributed by atoms with van der Waals surface area (Å²) in [5, 5.41) is 0. The van der Waals surface area contributed by atoms with Crippen LogP contribution in [0.25, 0.3) is 0 Å². The van der Waals surface area contributed by atoms with E-state index < -0.39 is 0 Å². The molecule has 3 heteroatoms. The van der Waals surface area contributed by atoms with Crippen LogP contribution in [0.4, 0.5) is 5.69 Å². The lowest BCUT2D eigenvalue weighted by molar-refractivity contribution is -0.403. The SMILES string of the molecule is CC1=[N+](C)c2ccc(OC=O)cc2C1(C)C. The van der Waals surface area contributed by atoms with Gasteiger partial charge in [-0.2, -0.15) is 0 Å². The van der Waals surface area contributed by atoms with Crippen LogP contribution < -0.4 is 4.74 Å². The van der Waals surface area contributed by atoms with Gasteiger partial charge in [-0.25, -0.2) is 4.58 Å². The molecule has 0 spiro atoms. The number of carbonyl (C=O) groups excluding carboxylic acids is 1. The predicted molar refractivity (Wildman–Crippen MR) is 62.7 cm³/mol. The van der Waals surface area contributed by atoms with E-state index in [-0.39, 0.29) is 5.41 Å². The molecule has 0 aromatic heterocycles. The second-order valence-corrected chi connectivity index (χ2v) is 4.66. The van der Waals surface area contributed by atoms with Gasteiger partial charge in [0.1, 0.15) is 12.8 Å². The van der Waals surface area contributed by atoms with Crippen molar-refractivity contribution in [3.63, 3.8) is 0 Å². The van der Waals surface area contributed by atoms with Crippen molar-refractivity contribution in [3.05, 3.63) is 23.8 Å². The number of nitrogens with zero attached hydrogens (tertiary/aromatic N) is 1. The normalized spacial score (nSPS) is 17.2. The maximum Gasteiger partial charge on any atom is 0.298 e. The number of hydrogen-bond donors (Lipinski definition) is 0. The van der Waals surface area contributed by atoms with Crippen LogP contribution in [-0.2, 0) is 10.2 Å². The quantitative estimate of drug-likeness (QED) is 0.563. The zero-order valence-electron chi connectivity index (χ0n) is 10.1. The fourth-order valence-corrected chi connectivity index (χ4v) is 2.23. The Morgan fingerprint density at radius 1 is 1.38 bits per heavy atom. The van der Waals surface area contributed by atoms with Gasteiger partial charge in [0.15, 0.2) is 5.71 Å². The van der Waals surface area contributed by atoms with E-state index in [1.807, 2.05) is 18.2 Å². The van der Waals surface area contributed by atoms with E-state index in [2.05, 4.69) is 32.4 Å². The summed E-state index contributed by atoms with van der Waals surface area (Å²) in [6.07, 6.45) is 0. The maximum atomic E-state index is 10.3. The van der Waals surface area contributed by atoms with Gasteiger partial charge in [-0.1, -0.05) is 0 Å². The summed E-state index contributed by atoms with van der Waals surface area (Å²) in [7, 11) is 2.06. The fourth-order valence-electron chi connectivity index (χ4n) is 2.23. The van der Waals surface area contributed by atoms with E-state index >= 15 is 0 Å². The van der Waals surface area contributed by atoms with Gasteiger partial charge in [-0.3, -0.25) is 4.79 Å². The van der Waals surface area contributed by atoms with Crippen LogP contribution in [-0.4, -0.2) is 23.8 Å². The molecule has 1 aliphatic rings. The maximum absolute atomic E-state index is 10.3. The number of carbonyl (C=O) groups is 1. The monoisotopic (exact) mass is 218 g/mol. The van der Waals surface area contributed by atoms with Crippen LogP contribution in [0.15, 0.2) is 18.2 Å². The third-order valence-corrected chi connectivity index (χ3v) is 3.59. The molecular formula is C13H16NO2+. The average molecular weight is 218 g/mol. The van der Waals surface area contributed by atoms with Crippen molar-refractivity contribution in [2.45, 2.75) is 26.2 Å². The third kappa shape index (κ3) is 1.35. The summed E-state index contributed by atoms with van der Waals surface area (Å²) >= 11 is 0. The molecule has 0 atom stereocenters. The van der Waals surface area contributed by atoms with Crippen molar-refractivity contribution in [3.8, 4) is 5.75 Å². The first-order chi connectivity index (χ1) is 7.48. The number of fused-ring (bicyclic) bond motifs is 1. The molecule has 84 valence electrons. The summed E-state index contributed by atoms with van der Waals surface area (Å²) in [6, 6.07) is 5.75. The first-order valence-electron chi connectivity index (χ1n) is 5.31. The minimum atomic E-state index is -0.00760. The Hall–Kier alpha value is -1.64. The van der Waals surface area contributed by atoms with E-state index in [9.17, 15) is 4.79 Å². The lowest BCUT2D eigenvalue weighted by atomic mass is 9.82. The zero-order valence-corrected chi connectivity index (χ0v) is 10.1. The number of rotatable bonds is 2. The van der Waals surface area contributed by atoms with E-state index in [1.165, 1.54) is 17.0 Å². The number of hydrogen-bond acceptors (Lipinski definition) is 2. The highest BCUT2D eigenvalue weighted by atomic mass is 16.5. The van der Waals surface area contributed by atoms with Crippen molar-refractivity contribution >= 4 is 17.9 Å². The third-order valence-electron chi connectivity index (χ3n) is 3.59. The number of benzene rings is 1. The lowest BCUT2D eigenvalue weighted by Crippen LogP contribution is -2.25. The van der Waals surface area contributed by atoms with Crippen LogP contribution in [0.5, 0.6) is 5.75 Å². The van der Waals surface area contributed by atoms with Crippen molar-refractivity contribution in [1.82, 2.24) is 0 Å². The zero-order chi connectivity index (χ0) is 11.9. The van der Waals surface area contributed by atoms with Gasteiger partial charge >= 0.3 is 0 Å². The molecule has 2 rings (SSSR count). The van der Waals surface area contributed by atoms with Crippen molar-refractivity contribution < 1.29 is 14.1 Å². The molecule has 0 bridgehead atoms. The fraction of sp³-hybridized carbons (Fsp3) is 0.385. The first-order valence-corrected chi connectivity index (χ1v) is 5.31. The van der Waals surface area contributed by atoms with E-state index in [4.69, 9.17) is 4.74 Å². The minimum Gasteiger partial charge on any atom is -0.429 e. The minimum absolute atomic E-state index is 0.00760. The molecular weight excluding hydrogens is 202 g/mol. The highest BCUT2D eigenvalue weighted by Gasteiger charge is 2.41.